The Balaban J connectivity index is 1.23. The molecule has 0 saturated heterocycles. The highest BCUT2D eigenvalue weighted by Crippen LogP contribution is 2.61. The molecule has 0 heterocycles. The Morgan fingerprint density at radius 3 is 2.08 bits per heavy atom. The highest BCUT2D eigenvalue weighted by Gasteiger charge is 2.46. The second kappa shape index (κ2) is 8.54. The minimum absolute atomic E-state index is 0.475. The molecule has 5 atom stereocenters. The molecule has 0 fully saturated rings. The molecule has 5 aromatic carbocycles. The zero-order valence-electron chi connectivity index (χ0n) is 22.4. The fourth-order valence-electron chi connectivity index (χ4n) is 8.52. The molecule has 190 valence electrons. The Morgan fingerprint density at radius 2 is 1.20 bits per heavy atom. The maximum atomic E-state index is 2.67. The van der Waals surface area contributed by atoms with Crippen molar-refractivity contribution in [2.75, 3.05) is 0 Å². The number of hydrogen-bond donors (Lipinski definition) is 0. The molecule has 0 bridgehead atoms. The van der Waals surface area contributed by atoms with Gasteiger partial charge in [-0.05, 0) is 79.1 Å². The monoisotopic (exact) mass is 510 g/mol. The topological polar surface area (TPSA) is 0 Å². The van der Waals surface area contributed by atoms with E-state index in [4.69, 9.17) is 0 Å². The molecule has 0 spiro atoms. The summed E-state index contributed by atoms with van der Waals surface area (Å²) in [5.41, 5.74) is 12.8. The van der Waals surface area contributed by atoms with E-state index in [1.807, 2.05) is 0 Å². The van der Waals surface area contributed by atoms with Crippen LogP contribution >= 0.6 is 0 Å². The van der Waals surface area contributed by atoms with Crippen molar-refractivity contribution in [3.63, 3.8) is 0 Å². The van der Waals surface area contributed by atoms with Gasteiger partial charge in [0.25, 0.3) is 0 Å². The molecule has 0 aliphatic heterocycles. The van der Waals surface area contributed by atoms with E-state index in [0.717, 1.165) is 0 Å². The lowest BCUT2D eigenvalue weighted by Gasteiger charge is -2.46. The summed E-state index contributed by atoms with van der Waals surface area (Å²) in [6, 6.07) is 40.8. The van der Waals surface area contributed by atoms with Crippen LogP contribution in [-0.4, -0.2) is 0 Å². The van der Waals surface area contributed by atoms with Crippen LogP contribution in [0.2, 0.25) is 0 Å². The van der Waals surface area contributed by atoms with Crippen molar-refractivity contribution in [1.29, 1.82) is 0 Å². The molecule has 40 heavy (non-hydrogen) atoms. The van der Waals surface area contributed by atoms with E-state index in [9.17, 15) is 0 Å². The fraction of sp³-hybridized carbons (Fsp3) is 0.150. The number of fused-ring (bicyclic) bond motifs is 9. The standard InChI is InChI=1S/C40H30/c1-2-11-25(12-3-1)26-13-4-5-14-27(26)32-21-22-35-39-24-37-31-18-9-7-16-29(31)28-15-6-8-17-30(28)36(37)23-38(39)34-20-10-19-33(32)40(34)35/h1-22,24,28,30,36-38H,23H2. The van der Waals surface area contributed by atoms with Gasteiger partial charge >= 0.3 is 0 Å². The molecule has 0 nitrogen and oxygen atoms in total. The van der Waals surface area contributed by atoms with E-state index < -0.39 is 0 Å². The van der Waals surface area contributed by atoms with Crippen molar-refractivity contribution >= 4 is 16.3 Å². The van der Waals surface area contributed by atoms with Gasteiger partial charge in [0.15, 0.2) is 0 Å². The van der Waals surface area contributed by atoms with Gasteiger partial charge in [0.1, 0.15) is 0 Å². The average molecular weight is 511 g/mol. The number of rotatable bonds is 2. The summed E-state index contributed by atoms with van der Waals surface area (Å²) >= 11 is 0. The van der Waals surface area contributed by atoms with E-state index >= 15 is 0 Å². The molecule has 0 radical (unpaired) electrons. The average Bonchev–Trinajstić information content (AvgIpc) is 3.35. The first kappa shape index (κ1) is 22.4. The van der Waals surface area contributed by atoms with Crippen LogP contribution in [0.4, 0.5) is 0 Å². The van der Waals surface area contributed by atoms with Crippen molar-refractivity contribution in [1.82, 2.24) is 0 Å². The molecule has 0 saturated carbocycles. The Morgan fingerprint density at radius 1 is 0.500 bits per heavy atom. The van der Waals surface area contributed by atoms with E-state index in [1.165, 1.54) is 56.1 Å². The summed E-state index contributed by atoms with van der Waals surface area (Å²) in [7, 11) is 0. The molecule has 4 aliphatic carbocycles. The quantitative estimate of drug-likeness (QED) is 0.222. The number of benzene rings is 5. The Hall–Kier alpha value is -4.42. The largest absolute Gasteiger partial charge is 0.0802 e. The van der Waals surface area contributed by atoms with Gasteiger partial charge in [-0.25, -0.2) is 0 Å². The van der Waals surface area contributed by atoms with Gasteiger partial charge in [-0.15, -0.1) is 0 Å². The van der Waals surface area contributed by atoms with Crippen LogP contribution in [0.15, 0.2) is 140 Å². The summed E-state index contributed by atoms with van der Waals surface area (Å²) in [5, 5.41) is 2.86. The lowest BCUT2D eigenvalue weighted by atomic mass is 9.57. The third-order valence-electron chi connectivity index (χ3n) is 10.2. The zero-order valence-corrected chi connectivity index (χ0v) is 22.4. The second-order valence-corrected chi connectivity index (χ2v) is 11.9. The Kier molecular flexibility index (Phi) is 4.78. The molecule has 0 amide bonds. The normalized spacial score (nSPS) is 25.1. The highest BCUT2D eigenvalue weighted by molar-refractivity contribution is 6.10. The summed E-state index contributed by atoms with van der Waals surface area (Å²) in [5.74, 6) is 2.64. The summed E-state index contributed by atoms with van der Waals surface area (Å²) in [6.45, 7) is 0. The zero-order chi connectivity index (χ0) is 26.2. The van der Waals surface area contributed by atoms with Crippen molar-refractivity contribution < 1.29 is 0 Å². The van der Waals surface area contributed by atoms with Crippen LogP contribution in [0.1, 0.15) is 46.4 Å². The van der Waals surface area contributed by atoms with Crippen molar-refractivity contribution in [3.8, 4) is 22.3 Å². The first-order valence-corrected chi connectivity index (χ1v) is 14.7. The predicted molar refractivity (Wildman–Crippen MR) is 167 cm³/mol. The molecule has 4 aliphatic rings. The van der Waals surface area contributed by atoms with Crippen LogP contribution < -0.4 is 0 Å². The lowest BCUT2D eigenvalue weighted by molar-refractivity contribution is 0.277. The van der Waals surface area contributed by atoms with Crippen molar-refractivity contribution in [3.05, 3.63) is 162 Å². The van der Waals surface area contributed by atoms with Gasteiger partial charge in [0.2, 0.25) is 0 Å². The van der Waals surface area contributed by atoms with E-state index in [0.29, 0.717) is 29.6 Å². The second-order valence-electron chi connectivity index (χ2n) is 11.9. The Bertz CT molecular complexity index is 1900. The van der Waals surface area contributed by atoms with Crippen molar-refractivity contribution in [2.45, 2.75) is 24.2 Å². The maximum Gasteiger partial charge on any atom is 0.0102 e. The van der Waals surface area contributed by atoms with Gasteiger partial charge in [0, 0.05) is 17.8 Å². The summed E-state index contributed by atoms with van der Waals surface area (Å²) in [6.07, 6.45) is 13.4. The molecule has 0 aromatic heterocycles. The van der Waals surface area contributed by atoms with Gasteiger partial charge in [-0.3, -0.25) is 0 Å². The predicted octanol–water partition coefficient (Wildman–Crippen LogP) is 10.3. The molecule has 5 unspecified atom stereocenters. The molecular weight excluding hydrogens is 480 g/mol. The summed E-state index contributed by atoms with van der Waals surface area (Å²) < 4.78 is 0. The first-order chi connectivity index (χ1) is 19.9. The van der Waals surface area contributed by atoms with Gasteiger partial charge < -0.3 is 0 Å². The van der Waals surface area contributed by atoms with Gasteiger partial charge in [-0.1, -0.05) is 140 Å². The molecule has 0 N–H and O–H groups in total. The van der Waals surface area contributed by atoms with Crippen LogP contribution in [0, 0.1) is 11.8 Å². The third kappa shape index (κ3) is 3.08. The first-order valence-electron chi connectivity index (χ1n) is 14.7. The fourth-order valence-corrected chi connectivity index (χ4v) is 8.52. The summed E-state index contributed by atoms with van der Waals surface area (Å²) in [4.78, 5) is 0. The SMILES string of the molecule is C1=CC2c3ccccc3C3C=C4c5ccc(-c6ccccc6-c6ccccc6)c6cccc(c56)C4CC3C2C=C1. The molecule has 5 aromatic rings. The smallest absolute Gasteiger partial charge is 0.0102 e. The highest BCUT2D eigenvalue weighted by atomic mass is 14.5. The van der Waals surface area contributed by atoms with Crippen LogP contribution in [0.3, 0.4) is 0 Å². The van der Waals surface area contributed by atoms with E-state index in [-0.39, 0.29) is 0 Å². The molecule has 9 rings (SSSR count). The van der Waals surface area contributed by atoms with Crippen LogP contribution in [0.5, 0.6) is 0 Å². The van der Waals surface area contributed by atoms with Gasteiger partial charge in [-0.2, -0.15) is 0 Å². The van der Waals surface area contributed by atoms with Gasteiger partial charge in [0.05, 0.1) is 0 Å². The minimum Gasteiger partial charge on any atom is -0.0802 e. The van der Waals surface area contributed by atoms with Crippen LogP contribution in [0.25, 0.3) is 38.6 Å². The van der Waals surface area contributed by atoms with E-state index in [1.54, 1.807) is 11.1 Å². The molecular formula is C40H30. The Labute approximate surface area is 236 Å². The van der Waals surface area contributed by atoms with Crippen molar-refractivity contribution in [2.24, 2.45) is 11.8 Å². The number of allylic oxidation sites excluding steroid dienone is 6. The molecule has 0 heteroatoms. The third-order valence-corrected chi connectivity index (χ3v) is 10.2. The van der Waals surface area contributed by atoms with E-state index in [2.05, 4.69) is 140 Å². The minimum atomic E-state index is 0.475. The lowest BCUT2D eigenvalue weighted by Crippen LogP contribution is -2.34. The number of hydrogen-bond acceptors (Lipinski definition) is 0. The van der Waals surface area contributed by atoms with Crippen LogP contribution in [-0.2, 0) is 0 Å². The maximum absolute atomic E-state index is 2.67.